The first-order valence-electron chi connectivity index (χ1n) is 6.87. The third-order valence-corrected chi connectivity index (χ3v) is 3.52. The molecule has 1 heterocycles. The number of anilines is 1. The molecule has 0 aliphatic carbocycles. The lowest BCUT2D eigenvalue weighted by molar-refractivity contribution is 0.101. The highest BCUT2D eigenvalue weighted by molar-refractivity contribution is 6.09. The number of hydrogen-bond donors (Lipinski definition) is 0. The molecule has 2 aromatic carbocycles. The number of aryl methyl sites for hydroxylation is 1. The van der Waals surface area contributed by atoms with Gasteiger partial charge in [0.25, 0.3) is 0 Å². The van der Waals surface area contributed by atoms with Crippen LogP contribution in [0.15, 0.2) is 52.9 Å². The molecule has 0 bridgehead atoms. The number of nitrogens with zero attached hydrogens (tertiary/aromatic N) is 1. The van der Waals surface area contributed by atoms with Gasteiger partial charge in [0.15, 0.2) is 5.76 Å². The molecule has 0 unspecified atom stereocenters. The SMILES string of the molecule is Cc1ccc2oc(C(=O)c3cccc(N(C)C)c3)cc2c1. The van der Waals surface area contributed by atoms with Gasteiger partial charge in [0.1, 0.15) is 5.58 Å². The number of benzene rings is 2. The lowest BCUT2D eigenvalue weighted by Crippen LogP contribution is -2.09. The van der Waals surface area contributed by atoms with Crippen molar-refractivity contribution < 1.29 is 9.21 Å². The van der Waals surface area contributed by atoms with Crippen LogP contribution in [0.4, 0.5) is 5.69 Å². The van der Waals surface area contributed by atoms with Gasteiger partial charge in [-0.05, 0) is 37.3 Å². The molecule has 0 aliphatic heterocycles. The number of hydrogen-bond acceptors (Lipinski definition) is 3. The van der Waals surface area contributed by atoms with E-state index in [9.17, 15) is 4.79 Å². The zero-order valence-corrected chi connectivity index (χ0v) is 12.4. The summed E-state index contributed by atoms with van der Waals surface area (Å²) in [7, 11) is 3.90. The fraction of sp³-hybridized carbons (Fsp3) is 0.167. The first-order valence-corrected chi connectivity index (χ1v) is 6.87. The lowest BCUT2D eigenvalue weighted by atomic mass is 10.1. The second-order valence-corrected chi connectivity index (χ2v) is 5.43. The van der Waals surface area contributed by atoms with Crippen LogP contribution in [-0.2, 0) is 0 Å². The Morgan fingerprint density at radius 2 is 1.86 bits per heavy atom. The summed E-state index contributed by atoms with van der Waals surface area (Å²) in [5.74, 6) is 0.291. The maximum absolute atomic E-state index is 12.6. The predicted molar refractivity (Wildman–Crippen MR) is 85.2 cm³/mol. The van der Waals surface area contributed by atoms with Crippen LogP contribution in [0.25, 0.3) is 11.0 Å². The fourth-order valence-corrected chi connectivity index (χ4v) is 2.34. The molecule has 1 aromatic heterocycles. The van der Waals surface area contributed by atoms with Crippen LogP contribution in [-0.4, -0.2) is 19.9 Å². The van der Waals surface area contributed by atoms with E-state index in [2.05, 4.69) is 0 Å². The van der Waals surface area contributed by atoms with Gasteiger partial charge in [-0.3, -0.25) is 4.79 Å². The standard InChI is InChI=1S/C18H17NO2/c1-12-7-8-16-14(9-12)11-17(21-16)18(20)13-5-4-6-15(10-13)19(2)3/h4-11H,1-3H3. The number of ketones is 1. The number of carbonyl (C=O) groups is 1. The van der Waals surface area contributed by atoms with Crippen LogP contribution in [0.2, 0.25) is 0 Å². The Morgan fingerprint density at radius 3 is 2.62 bits per heavy atom. The van der Waals surface area contributed by atoms with Crippen molar-refractivity contribution in [2.45, 2.75) is 6.92 Å². The molecule has 0 aliphatic rings. The molecule has 0 radical (unpaired) electrons. The highest BCUT2D eigenvalue weighted by Gasteiger charge is 2.15. The van der Waals surface area contributed by atoms with E-state index in [-0.39, 0.29) is 5.78 Å². The van der Waals surface area contributed by atoms with Gasteiger partial charge in [-0.2, -0.15) is 0 Å². The first kappa shape index (κ1) is 13.4. The Balaban J connectivity index is 2.01. The third kappa shape index (κ3) is 2.55. The Kier molecular flexibility index (Phi) is 3.26. The van der Waals surface area contributed by atoms with Gasteiger partial charge < -0.3 is 9.32 Å². The van der Waals surface area contributed by atoms with Crippen molar-refractivity contribution in [3.63, 3.8) is 0 Å². The molecule has 3 rings (SSSR count). The highest BCUT2D eigenvalue weighted by atomic mass is 16.3. The molecule has 0 fully saturated rings. The maximum atomic E-state index is 12.6. The minimum absolute atomic E-state index is 0.0902. The van der Waals surface area contributed by atoms with Crippen molar-refractivity contribution >= 4 is 22.4 Å². The fourth-order valence-electron chi connectivity index (χ4n) is 2.34. The Hall–Kier alpha value is -2.55. The summed E-state index contributed by atoms with van der Waals surface area (Å²) in [5, 5.41) is 0.960. The van der Waals surface area contributed by atoms with E-state index in [1.807, 2.05) is 74.4 Å². The number of carbonyl (C=O) groups excluding carboxylic acids is 1. The van der Waals surface area contributed by atoms with E-state index >= 15 is 0 Å². The van der Waals surface area contributed by atoms with E-state index in [1.54, 1.807) is 0 Å². The molecule has 3 aromatic rings. The van der Waals surface area contributed by atoms with Crippen molar-refractivity contribution in [3.05, 3.63) is 65.4 Å². The molecule has 0 spiro atoms. The van der Waals surface area contributed by atoms with Crippen molar-refractivity contribution in [1.29, 1.82) is 0 Å². The summed E-state index contributed by atoms with van der Waals surface area (Å²) < 4.78 is 5.68. The second kappa shape index (κ2) is 5.09. The zero-order chi connectivity index (χ0) is 15.0. The minimum atomic E-state index is -0.0902. The lowest BCUT2D eigenvalue weighted by Gasteiger charge is -2.12. The van der Waals surface area contributed by atoms with Crippen LogP contribution in [0.3, 0.4) is 0 Å². The zero-order valence-electron chi connectivity index (χ0n) is 12.4. The number of furan rings is 1. The number of rotatable bonds is 3. The van der Waals surface area contributed by atoms with E-state index in [1.165, 1.54) is 0 Å². The average molecular weight is 279 g/mol. The summed E-state index contributed by atoms with van der Waals surface area (Å²) in [6.07, 6.45) is 0. The molecule has 0 N–H and O–H groups in total. The molecule has 3 heteroatoms. The van der Waals surface area contributed by atoms with Gasteiger partial charge in [0, 0.05) is 30.7 Å². The average Bonchev–Trinajstić information content (AvgIpc) is 2.89. The summed E-state index contributed by atoms with van der Waals surface area (Å²) in [5.41, 5.74) is 3.52. The molecular weight excluding hydrogens is 262 g/mol. The van der Waals surface area contributed by atoms with Gasteiger partial charge in [0.2, 0.25) is 5.78 Å². The van der Waals surface area contributed by atoms with Gasteiger partial charge in [0.05, 0.1) is 0 Å². The largest absolute Gasteiger partial charge is 0.453 e. The summed E-state index contributed by atoms with van der Waals surface area (Å²) in [6.45, 7) is 2.02. The van der Waals surface area contributed by atoms with Crippen molar-refractivity contribution in [2.75, 3.05) is 19.0 Å². The molecule has 0 amide bonds. The number of fused-ring (bicyclic) bond motifs is 1. The Labute approximate surface area is 123 Å². The van der Waals surface area contributed by atoms with Gasteiger partial charge >= 0.3 is 0 Å². The first-order chi connectivity index (χ1) is 10.0. The maximum Gasteiger partial charge on any atom is 0.228 e. The van der Waals surface area contributed by atoms with Crippen molar-refractivity contribution in [1.82, 2.24) is 0 Å². The minimum Gasteiger partial charge on any atom is -0.453 e. The van der Waals surface area contributed by atoms with E-state index in [0.717, 1.165) is 22.2 Å². The molecule has 0 saturated carbocycles. The normalized spacial score (nSPS) is 10.8. The molecule has 106 valence electrons. The molecule has 0 atom stereocenters. The van der Waals surface area contributed by atoms with Crippen molar-refractivity contribution in [3.8, 4) is 0 Å². The van der Waals surface area contributed by atoms with E-state index < -0.39 is 0 Å². The smallest absolute Gasteiger partial charge is 0.228 e. The van der Waals surface area contributed by atoms with Gasteiger partial charge in [-0.15, -0.1) is 0 Å². The Morgan fingerprint density at radius 1 is 1.05 bits per heavy atom. The quantitative estimate of drug-likeness (QED) is 0.678. The van der Waals surface area contributed by atoms with E-state index in [4.69, 9.17) is 4.42 Å². The molecular formula is C18H17NO2. The molecule has 3 nitrogen and oxygen atoms in total. The van der Waals surface area contributed by atoms with Crippen LogP contribution in [0.1, 0.15) is 21.7 Å². The Bertz CT molecular complexity index is 815. The van der Waals surface area contributed by atoms with Crippen LogP contribution >= 0.6 is 0 Å². The van der Waals surface area contributed by atoms with E-state index in [0.29, 0.717) is 11.3 Å². The summed E-state index contributed by atoms with van der Waals surface area (Å²) >= 11 is 0. The van der Waals surface area contributed by atoms with Crippen molar-refractivity contribution in [2.24, 2.45) is 0 Å². The summed E-state index contributed by atoms with van der Waals surface area (Å²) in [6, 6.07) is 15.3. The monoisotopic (exact) mass is 279 g/mol. The van der Waals surface area contributed by atoms with Gasteiger partial charge in [-0.1, -0.05) is 23.8 Å². The van der Waals surface area contributed by atoms with Crippen LogP contribution in [0.5, 0.6) is 0 Å². The summed E-state index contributed by atoms with van der Waals surface area (Å²) in [4.78, 5) is 14.5. The topological polar surface area (TPSA) is 33.5 Å². The van der Waals surface area contributed by atoms with Crippen LogP contribution < -0.4 is 4.90 Å². The van der Waals surface area contributed by atoms with Gasteiger partial charge in [-0.25, -0.2) is 0 Å². The third-order valence-electron chi connectivity index (χ3n) is 3.52. The molecule has 21 heavy (non-hydrogen) atoms. The van der Waals surface area contributed by atoms with Crippen LogP contribution in [0, 0.1) is 6.92 Å². The molecule has 0 saturated heterocycles. The second-order valence-electron chi connectivity index (χ2n) is 5.43. The highest BCUT2D eigenvalue weighted by Crippen LogP contribution is 2.23. The predicted octanol–water partition coefficient (Wildman–Crippen LogP) is 4.04.